The maximum Gasteiger partial charge on any atom is 0.291 e. The molecule has 0 aliphatic carbocycles. The van der Waals surface area contributed by atoms with Gasteiger partial charge in [-0.15, -0.1) is 0 Å². The van der Waals surface area contributed by atoms with E-state index in [0.717, 1.165) is 4.47 Å². The third kappa shape index (κ3) is 2.46. The molecule has 0 saturated carbocycles. The Kier molecular flexibility index (Phi) is 3.31. The molecule has 0 spiro atoms. The van der Waals surface area contributed by atoms with Crippen molar-refractivity contribution in [3.8, 4) is 0 Å². The van der Waals surface area contributed by atoms with Crippen LogP contribution in [0.5, 0.6) is 0 Å². The highest BCUT2D eigenvalue weighted by molar-refractivity contribution is 9.10. The molecule has 0 fully saturated rings. The van der Waals surface area contributed by atoms with Crippen LogP contribution in [0.1, 0.15) is 10.6 Å². The summed E-state index contributed by atoms with van der Waals surface area (Å²) < 4.78 is 5.82. The average molecular weight is 301 g/mol. The van der Waals surface area contributed by atoms with Gasteiger partial charge in [-0.3, -0.25) is 4.79 Å². The van der Waals surface area contributed by atoms with Crippen molar-refractivity contribution >= 4 is 39.1 Å². The van der Waals surface area contributed by atoms with Crippen LogP contribution in [0.15, 0.2) is 45.5 Å². The van der Waals surface area contributed by atoms with E-state index in [1.165, 1.54) is 6.26 Å². The smallest absolute Gasteiger partial charge is 0.291 e. The van der Waals surface area contributed by atoms with Gasteiger partial charge in [-0.1, -0.05) is 27.5 Å². The molecule has 5 heteroatoms. The van der Waals surface area contributed by atoms with Gasteiger partial charge in [-0.05, 0) is 30.3 Å². The number of amides is 1. The van der Waals surface area contributed by atoms with Gasteiger partial charge in [0.05, 0.1) is 17.0 Å². The fourth-order valence-corrected chi connectivity index (χ4v) is 1.90. The van der Waals surface area contributed by atoms with Crippen LogP contribution >= 0.6 is 27.5 Å². The Hall–Kier alpha value is -1.26. The van der Waals surface area contributed by atoms with Gasteiger partial charge in [0, 0.05) is 4.47 Å². The zero-order valence-corrected chi connectivity index (χ0v) is 10.4. The molecule has 0 aliphatic heterocycles. The molecule has 0 saturated heterocycles. The second-order valence-electron chi connectivity index (χ2n) is 3.06. The molecule has 0 aliphatic rings. The van der Waals surface area contributed by atoms with Crippen molar-refractivity contribution in [3.05, 3.63) is 51.9 Å². The number of carbonyl (C=O) groups is 1. The lowest BCUT2D eigenvalue weighted by Gasteiger charge is -2.05. The van der Waals surface area contributed by atoms with E-state index < -0.39 is 0 Å². The standard InChI is InChI=1S/C11H7BrClNO2/c12-7-3-4-9(8(13)6-7)14-11(15)10-2-1-5-16-10/h1-6H,(H,14,15). The minimum atomic E-state index is -0.325. The van der Waals surface area contributed by atoms with Crippen molar-refractivity contribution in [2.45, 2.75) is 0 Å². The molecule has 3 nitrogen and oxygen atoms in total. The van der Waals surface area contributed by atoms with Crippen LogP contribution in [0.2, 0.25) is 5.02 Å². The van der Waals surface area contributed by atoms with Gasteiger partial charge in [0.15, 0.2) is 5.76 Å². The van der Waals surface area contributed by atoms with Gasteiger partial charge in [0.2, 0.25) is 0 Å². The molecule has 0 bridgehead atoms. The Balaban J connectivity index is 2.18. The summed E-state index contributed by atoms with van der Waals surface area (Å²) in [6.07, 6.45) is 1.44. The Labute approximate surface area is 106 Å². The van der Waals surface area contributed by atoms with E-state index in [0.29, 0.717) is 10.7 Å². The van der Waals surface area contributed by atoms with Gasteiger partial charge in [-0.25, -0.2) is 0 Å². The van der Waals surface area contributed by atoms with Gasteiger partial charge in [0.25, 0.3) is 5.91 Å². The monoisotopic (exact) mass is 299 g/mol. The van der Waals surface area contributed by atoms with Gasteiger partial charge >= 0.3 is 0 Å². The first-order chi connectivity index (χ1) is 7.66. The summed E-state index contributed by atoms with van der Waals surface area (Å²) >= 11 is 9.25. The van der Waals surface area contributed by atoms with Gasteiger partial charge < -0.3 is 9.73 Å². The molecule has 1 amide bonds. The van der Waals surface area contributed by atoms with E-state index >= 15 is 0 Å². The van der Waals surface area contributed by atoms with E-state index in [1.54, 1.807) is 30.3 Å². The molecule has 16 heavy (non-hydrogen) atoms. The molecule has 1 heterocycles. The molecule has 2 rings (SSSR count). The predicted octanol–water partition coefficient (Wildman–Crippen LogP) is 3.95. The molecular weight excluding hydrogens is 293 g/mol. The number of anilines is 1. The lowest BCUT2D eigenvalue weighted by Crippen LogP contribution is -2.11. The van der Waals surface area contributed by atoms with E-state index in [1.807, 2.05) is 0 Å². The van der Waals surface area contributed by atoms with Crippen molar-refractivity contribution in [2.75, 3.05) is 5.32 Å². The number of rotatable bonds is 2. The highest BCUT2D eigenvalue weighted by atomic mass is 79.9. The quantitative estimate of drug-likeness (QED) is 0.912. The number of hydrogen-bond donors (Lipinski definition) is 1. The lowest BCUT2D eigenvalue weighted by molar-refractivity contribution is 0.0996. The summed E-state index contributed by atoms with van der Waals surface area (Å²) in [7, 11) is 0. The summed E-state index contributed by atoms with van der Waals surface area (Å²) in [6, 6.07) is 8.45. The van der Waals surface area contributed by atoms with Crippen LogP contribution < -0.4 is 5.32 Å². The summed E-state index contributed by atoms with van der Waals surface area (Å²) in [4.78, 5) is 11.6. The Morgan fingerprint density at radius 2 is 2.19 bits per heavy atom. The van der Waals surface area contributed by atoms with Crippen LogP contribution in [0.4, 0.5) is 5.69 Å². The number of carbonyl (C=O) groups excluding carboxylic acids is 1. The topological polar surface area (TPSA) is 42.2 Å². The highest BCUT2D eigenvalue weighted by Gasteiger charge is 2.10. The van der Waals surface area contributed by atoms with Gasteiger partial charge in [0.1, 0.15) is 0 Å². The molecule has 0 unspecified atom stereocenters. The summed E-state index contributed by atoms with van der Waals surface area (Å²) in [5, 5.41) is 3.12. The first-order valence-corrected chi connectivity index (χ1v) is 5.64. The van der Waals surface area contributed by atoms with E-state index in [-0.39, 0.29) is 11.7 Å². The Bertz CT molecular complexity index is 511. The zero-order chi connectivity index (χ0) is 11.5. The highest BCUT2D eigenvalue weighted by Crippen LogP contribution is 2.26. The number of halogens is 2. The molecule has 0 atom stereocenters. The molecule has 1 N–H and O–H groups in total. The second kappa shape index (κ2) is 4.72. The number of furan rings is 1. The SMILES string of the molecule is O=C(Nc1ccc(Br)cc1Cl)c1ccco1. The predicted molar refractivity (Wildman–Crippen MR) is 65.8 cm³/mol. The maximum atomic E-state index is 11.6. The first kappa shape index (κ1) is 11.2. The summed E-state index contributed by atoms with van der Waals surface area (Å²) in [6.45, 7) is 0. The van der Waals surface area contributed by atoms with E-state index in [2.05, 4.69) is 21.2 Å². The van der Waals surface area contributed by atoms with Crippen LogP contribution in [0.25, 0.3) is 0 Å². The lowest BCUT2D eigenvalue weighted by atomic mass is 10.3. The molecule has 82 valence electrons. The summed E-state index contributed by atoms with van der Waals surface area (Å²) in [5.74, 6) is -0.0757. The van der Waals surface area contributed by atoms with Crippen molar-refractivity contribution < 1.29 is 9.21 Å². The van der Waals surface area contributed by atoms with E-state index in [4.69, 9.17) is 16.0 Å². The third-order valence-electron chi connectivity index (χ3n) is 1.92. The van der Waals surface area contributed by atoms with Crippen molar-refractivity contribution in [1.82, 2.24) is 0 Å². The van der Waals surface area contributed by atoms with Crippen LogP contribution in [-0.4, -0.2) is 5.91 Å². The molecule has 0 radical (unpaired) electrons. The fourth-order valence-electron chi connectivity index (χ4n) is 1.18. The Morgan fingerprint density at radius 3 is 2.81 bits per heavy atom. The number of nitrogens with one attached hydrogen (secondary N) is 1. The van der Waals surface area contributed by atoms with Crippen LogP contribution in [0.3, 0.4) is 0 Å². The molecule has 1 aromatic carbocycles. The Morgan fingerprint density at radius 1 is 1.38 bits per heavy atom. The molecular formula is C11H7BrClNO2. The average Bonchev–Trinajstić information content (AvgIpc) is 2.75. The molecule has 2 aromatic rings. The maximum absolute atomic E-state index is 11.6. The minimum Gasteiger partial charge on any atom is -0.459 e. The van der Waals surface area contributed by atoms with Crippen molar-refractivity contribution in [2.24, 2.45) is 0 Å². The largest absolute Gasteiger partial charge is 0.459 e. The van der Waals surface area contributed by atoms with Crippen LogP contribution in [-0.2, 0) is 0 Å². The summed E-state index contributed by atoms with van der Waals surface area (Å²) in [5.41, 5.74) is 0.547. The third-order valence-corrected chi connectivity index (χ3v) is 2.73. The fraction of sp³-hybridized carbons (Fsp3) is 0. The first-order valence-electron chi connectivity index (χ1n) is 4.47. The number of benzene rings is 1. The zero-order valence-electron chi connectivity index (χ0n) is 8.04. The van der Waals surface area contributed by atoms with Crippen molar-refractivity contribution in [1.29, 1.82) is 0 Å². The number of hydrogen-bond acceptors (Lipinski definition) is 2. The normalized spacial score (nSPS) is 10.1. The van der Waals surface area contributed by atoms with Crippen molar-refractivity contribution in [3.63, 3.8) is 0 Å². The van der Waals surface area contributed by atoms with Crippen LogP contribution in [0, 0.1) is 0 Å². The van der Waals surface area contributed by atoms with E-state index in [9.17, 15) is 4.79 Å². The second-order valence-corrected chi connectivity index (χ2v) is 4.38. The van der Waals surface area contributed by atoms with Gasteiger partial charge in [-0.2, -0.15) is 0 Å². The molecule has 1 aromatic heterocycles. The minimum absolute atomic E-state index is 0.249.